The van der Waals surface area contributed by atoms with Crippen molar-refractivity contribution < 1.29 is 51.8 Å². The molecule has 3 fully saturated rings. The smallest absolute Gasteiger partial charge is 0.386 e. The molecule has 254 valence electrons. The number of anilines is 2. The second-order valence-corrected chi connectivity index (χ2v) is 14.0. The van der Waals surface area contributed by atoms with E-state index in [1.165, 1.54) is 15.5 Å². The average molecular weight is 703 g/mol. The highest BCUT2D eigenvalue weighted by atomic mass is 31.2. The summed E-state index contributed by atoms with van der Waals surface area (Å²) in [4.78, 5) is 66.4. The maximum absolute atomic E-state index is 13.2. The summed E-state index contributed by atoms with van der Waals surface area (Å²) in [7, 11) is -9.65. The number of ether oxygens (including phenoxy) is 3. The van der Waals surface area contributed by atoms with E-state index in [0.29, 0.717) is 0 Å². The van der Waals surface area contributed by atoms with Crippen molar-refractivity contribution in [3.05, 3.63) is 33.4 Å². The maximum Gasteiger partial charge on any atom is 0.472 e. The summed E-state index contributed by atoms with van der Waals surface area (Å²) in [5.41, 5.74) is 16.1. The molecule has 11 N–H and O–H groups in total. The number of nitrogens with zero attached hydrogens (tertiary/aromatic N) is 6. The summed E-state index contributed by atoms with van der Waals surface area (Å²) in [5, 5.41) is 11.2. The first-order chi connectivity index (χ1) is 22.2. The Kier molecular flexibility index (Phi) is 7.82. The third kappa shape index (κ3) is 5.77. The summed E-state index contributed by atoms with van der Waals surface area (Å²) < 4.78 is 61.9. The van der Waals surface area contributed by atoms with Crippen LogP contribution in [-0.2, 0) is 36.9 Å². The van der Waals surface area contributed by atoms with E-state index in [4.69, 9.17) is 45.0 Å². The number of fused-ring (bicyclic) bond motifs is 4. The van der Waals surface area contributed by atoms with Crippen LogP contribution in [0, 0.1) is 0 Å². The number of rotatable bonds is 2. The van der Waals surface area contributed by atoms with Gasteiger partial charge in [-0.25, -0.2) is 14.5 Å². The summed E-state index contributed by atoms with van der Waals surface area (Å²) in [6.45, 7) is -1.45. The molecule has 7 heterocycles. The molecule has 0 bridgehead atoms. The van der Waals surface area contributed by atoms with Crippen molar-refractivity contribution in [1.82, 2.24) is 39.0 Å². The van der Waals surface area contributed by atoms with Crippen LogP contribution < -0.4 is 28.3 Å². The first-order valence-electron chi connectivity index (χ1n) is 13.6. The van der Waals surface area contributed by atoms with E-state index in [1.54, 1.807) is 0 Å². The zero-order chi connectivity index (χ0) is 33.4. The Morgan fingerprint density at radius 3 is 2.00 bits per heavy atom. The molecule has 10 atom stereocenters. The molecule has 0 aliphatic carbocycles. The van der Waals surface area contributed by atoms with Gasteiger partial charge in [0, 0.05) is 0 Å². The van der Waals surface area contributed by atoms with E-state index in [1.807, 2.05) is 0 Å². The number of hydrogen-bond donors (Lipinski definition) is 8. The number of phosphoric ester groups is 1. The van der Waals surface area contributed by atoms with E-state index in [-0.39, 0.29) is 34.2 Å². The van der Waals surface area contributed by atoms with Crippen LogP contribution in [0.3, 0.4) is 0 Å². The highest BCUT2D eigenvalue weighted by Crippen LogP contribution is 2.51. The quantitative estimate of drug-likeness (QED) is 0.0962. The van der Waals surface area contributed by atoms with Crippen molar-refractivity contribution in [3.63, 3.8) is 0 Å². The number of phosphoric acid groups is 1. The van der Waals surface area contributed by atoms with Gasteiger partial charge in [-0.2, -0.15) is 9.97 Å². The number of aromatic amines is 2. The number of nitrogens with one attached hydrogen (secondary N) is 2. The van der Waals surface area contributed by atoms with Gasteiger partial charge in [0.1, 0.15) is 36.9 Å². The lowest BCUT2D eigenvalue weighted by molar-refractivity contribution is -0.0584. The second kappa shape index (κ2) is 11.5. The summed E-state index contributed by atoms with van der Waals surface area (Å²) >= 11 is 0. The monoisotopic (exact) mass is 703 g/mol. The summed E-state index contributed by atoms with van der Waals surface area (Å²) in [6, 6.07) is -1.29. The van der Waals surface area contributed by atoms with Crippen LogP contribution in [0.2, 0.25) is 0 Å². The third-order valence-electron chi connectivity index (χ3n) is 7.68. The maximum atomic E-state index is 13.2. The van der Waals surface area contributed by atoms with E-state index < -0.39 is 95.1 Å². The number of nitrogens with two attached hydrogens (primary N) is 3. The van der Waals surface area contributed by atoms with Crippen LogP contribution in [0.1, 0.15) is 12.5 Å². The van der Waals surface area contributed by atoms with Gasteiger partial charge < -0.3 is 50.8 Å². The number of aromatic nitrogens is 8. The SMILES string of the molecule is Nc1nc2c(ncn2C2O[C@@H]3COP(=O)(O)COC4[C@@H](O)[C@H](n5cnc6c(=O)[nH]c(N)nc65)O[C@@H]4COP(=O)(O)OC3[C@H]2N)c(=O)[nH]1. The Morgan fingerprint density at radius 1 is 0.851 bits per heavy atom. The standard InChI is InChI=1S/C21H27N11O13P2/c22-8-12-6(43-18(8)31-3-25-9-14(31)27-20(23)29-16(9)34)1-41-46(36,37)5-40-13-7(2-42-47(38,39)45-12)44-19(11(13)33)32-4-26-10-15(32)28-21(24)30-17(10)35/h3-4,6-8,11-13,18-19,33H,1-2,5,22H2,(H,36,37)(H,38,39)(H3,23,27,29,34)(H3,24,28,30,35)/t6-,7-,8-,11-,12?,13?,18?,19-/m1/s1. The van der Waals surface area contributed by atoms with Crippen molar-refractivity contribution >= 4 is 49.6 Å². The number of imidazole rings is 2. The Morgan fingerprint density at radius 2 is 1.38 bits per heavy atom. The van der Waals surface area contributed by atoms with Gasteiger partial charge in [0.2, 0.25) is 11.9 Å². The molecule has 47 heavy (non-hydrogen) atoms. The Hall–Kier alpha value is -3.64. The topological polar surface area (TPSA) is 355 Å². The van der Waals surface area contributed by atoms with Gasteiger partial charge in [0.25, 0.3) is 11.1 Å². The Labute approximate surface area is 259 Å². The molecule has 3 saturated heterocycles. The third-order valence-corrected chi connectivity index (χ3v) is 9.69. The van der Waals surface area contributed by atoms with Crippen LogP contribution in [0.15, 0.2) is 22.2 Å². The number of hydrogen-bond acceptors (Lipinski definition) is 18. The van der Waals surface area contributed by atoms with Gasteiger partial charge in [-0.15, -0.1) is 0 Å². The minimum Gasteiger partial charge on any atom is -0.386 e. The van der Waals surface area contributed by atoms with Crippen LogP contribution in [-0.4, -0.2) is 110 Å². The molecule has 26 heteroatoms. The van der Waals surface area contributed by atoms with Gasteiger partial charge in [-0.05, 0) is 0 Å². The minimum atomic E-state index is -5.03. The van der Waals surface area contributed by atoms with E-state index in [0.717, 1.165) is 6.33 Å². The van der Waals surface area contributed by atoms with Crippen LogP contribution in [0.25, 0.3) is 22.3 Å². The average Bonchev–Trinajstić information content (AvgIpc) is 3.74. The van der Waals surface area contributed by atoms with Crippen molar-refractivity contribution in [2.45, 2.75) is 49.0 Å². The molecule has 5 unspecified atom stereocenters. The number of nitrogen functional groups attached to an aromatic ring is 2. The first kappa shape index (κ1) is 31.9. The normalized spacial score (nSPS) is 36.9. The summed E-state index contributed by atoms with van der Waals surface area (Å²) in [6.07, 6.45) is -8.54. The zero-order valence-corrected chi connectivity index (χ0v) is 25.4. The molecular formula is C21H27N11O13P2. The molecule has 0 spiro atoms. The van der Waals surface area contributed by atoms with Crippen LogP contribution in [0.5, 0.6) is 0 Å². The number of aliphatic hydroxyl groups excluding tert-OH is 1. The lowest BCUT2D eigenvalue weighted by Crippen LogP contribution is -2.41. The minimum absolute atomic E-state index is 0.0308. The van der Waals surface area contributed by atoms with Gasteiger partial charge in [0.15, 0.2) is 34.8 Å². The predicted octanol–water partition coefficient (Wildman–Crippen LogP) is -3.04. The number of H-pyrrole nitrogens is 2. The molecule has 7 rings (SSSR count). The van der Waals surface area contributed by atoms with Gasteiger partial charge in [0.05, 0.1) is 31.9 Å². The van der Waals surface area contributed by atoms with Gasteiger partial charge in [-0.1, -0.05) is 0 Å². The molecular weight excluding hydrogens is 676 g/mol. The van der Waals surface area contributed by atoms with E-state index in [9.17, 15) is 33.6 Å². The number of aliphatic hydroxyl groups is 1. The first-order valence-corrected chi connectivity index (χ1v) is 16.9. The van der Waals surface area contributed by atoms with Crippen molar-refractivity contribution in [3.8, 4) is 0 Å². The van der Waals surface area contributed by atoms with E-state index >= 15 is 0 Å². The molecule has 4 aromatic heterocycles. The lowest BCUT2D eigenvalue weighted by atomic mass is 10.1. The molecule has 0 aromatic carbocycles. The highest BCUT2D eigenvalue weighted by molar-refractivity contribution is 7.52. The molecule has 3 aliphatic heterocycles. The van der Waals surface area contributed by atoms with Crippen molar-refractivity contribution in [2.75, 3.05) is 31.0 Å². The Bertz CT molecular complexity index is 2070. The largest absolute Gasteiger partial charge is 0.472 e. The molecule has 3 aliphatic rings. The van der Waals surface area contributed by atoms with Gasteiger partial charge >= 0.3 is 15.4 Å². The second-order valence-electron chi connectivity index (χ2n) is 10.8. The van der Waals surface area contributed by atoms with E-state index in [2.05, 4.69) is 29.9 Å². The fraction of sp³-hybridized carbons (Fsp3) is 0.524. The highest BCUT2D eigenvalue weighted by Gasteiger charge is 2.52. The van der Waals surface area contributed by atoms with Crippen molar-refractivity contribution in [1.29, 1.82) is 0 Å². The molecule has 4 aromatic rings. The fourth-order valence-corrected chi connectivity index (χ4v) is 7.38. The van der Waals surface area contributed by atoms with Crippen LogP contribution in [0.4, 0.5) is 11.9 Å². The van der Waals surface area contributed by atoms with Crippen molar-refractivity contribution in [2.24, 2.45) is 5.73 Å². The lowest BCUT2D eigenvalue weighted by Gasteiger charge is -2.24. The predicted molar refractivity (Wildman–Crippen MR) is 153 cm³/mol. The fourth-order valence-electron chi connectivity index (χ4n) is 5.59. The zero-order valence-electron chi connectivity index (χ0n) is 23.6. The Balaban J connectivity index is 1.17. The van der Waals surface area contributed by atoms with Gasteiger partial charge in [-0.3, -0.25) is 42.3 Å². The molecule has 0 radical (unpaired) electrons. The molecule has 0 amide bonds. The summed E-state index contributed by atoms with van der Waals surface area (Å²) in [5.74, 6) is -0.483. The van der Waals surface area contributed by atoms with Crippen LogP contribution >= 0.6 is 15.4 Å². The molecule has 24 nitrogen and oxygen atoms in total. The molecule has 0 saturated carbocycles.